The fraction of sp³-hybridized carbons (Fsp3) is 0.625. The molecule has 1 unspecified atom stereocenters. The molecule has 1 amide bonds. The minimum atomic E-state index is -0.102. The molecule has 2 aliphatic rings. The number of benzene rings is 1. The van der Waals surface area contributed by atoms with E-state index in [1.807, 2.05) is 29.2 Å². The second kappa shape index (κ2) is 9.92. The lowest BCUT2D eigenvalue weighted by molar-refractivity contribution is 0.0448. The Hall–Kier alpha value is -2.25. The van der Waals surface area contributed by atoms with Gasteiger partial charge in [-0.2, -0.15) is 5.10 Å². The number of likely N-dealkylation sites (N-methyl/N-ethyl adjacent to an activating group) is 1. The number of nitrogens with zero attached hydrogens (tertiary/aromatic N) is 5. The van der Waals surface area contributed by atoms with Crippen molar-refractivity contribution in [1.29, 1.82) is 0 Å². The maximum atomic E-state index is 13.5. The monoisotopic (exact) mass is 425 g/mol. The van der Waals surface area contributed by atoms with Crippen LogP contribution in [-0.2, 0) is 6.54 Å². The van der Waals surface area contributed by atoms with E-state index in [0.29, 0.717) is 42.1 Å². The van der Waals surface area contributed by atoms with Gasteiger partial charge in [0.05, 0.1) is 5.39 Å². The first-order valence-electron chi connectivity index (χ1n) is 11.8. The van der Waals surface area contributed by atoms with Crippen molar-refractivity contribution < 1.29 is 4.79 Å². The summed E-state index contributed by atoms with van der Waals surface area (Å²) >= 11 is 0. The Morgan fingerprint density at radius 1 is 1.06 bits per heavy atom. The minimum absolute atomic E-state index is 0.0548. The zero-order valence-corrected chi connectivity index (χ0v) is 18.9. The highest BCUT2D eigenvalue weighted by atomic mass is 16.2. The summed E-state index contributed by atoms with van der Waals surface area (Å²) < 4.78 is 1.50. The lowest BCUT2D eigenvalue weighted by Gasteiger charge is -2.42. The van der Waals surface area contributed by atoms with Gasteiger partial charge in [-0.3, -0.25) is 14.5 Å². The smallest absolute Gasteiger partial charge is 0.275 e. The van der Waals surface area contributed by atoms with Crippen LogP contribution in [0.5, 0.6) is 0 Å². The Bertz CT molecular complexity index is 964. The van der Waals surface area contributed by atoms with Crippen molar-refractivity contribution >= 4 is 16.7 Å². The summed E-state index contributed by atoms with van der Waals surface area (Å²) in [4.78, 5) is 33.2. The third kappa shape index (κ3) is 4.83. The number of carbonyl (C=O) groups is 1. The molecular weight excluding hydrogens is 390 g/mol. The Balaban J connectivity index is 1.52. The Kier molecular flexibility index (Phi) is 7.02. The summed E-state index contributed by atoms with van der Waals surface area (Å²) in [5.41, 5.74) is 0.312. The number of rotatable bonds is 6. The molecule has 0 radical (unpaired) electrons. The molecule has 0 aliphatic carbocycles. The minimum Gasteiger partial charge on any atom is -0.335 e. The van der Waals surface area contributed by atoms with Crippen LogP contribution in [0.4, 0.5) is 0 Å². The quantitative estimate of drug-likeness (QED) is 0.666. The van der Waals surface area contributed by atoms with Crippen LogP contribution in [0.3, 0.4) is 0 Å². The molecule has 2 aliphatic heterocycles. The summed E-state index contributed by atoms with van der Waals surface area (Å²) in [7, 11) is 2.19. The van der Waals surface area contributed by atoms with Gasteiger partial charge in [-0.1, -0.05) is 38.0 Å². The van der Waals surface area contributed by atoms with E-state index in [1.54, 1.807) is 0 Å². The summed E-state index contributed by atoms with van der Waals surface area (Å²) in [6.07, 6.45) is 5.50. The van der Waals surface area contributed by atoms with Crippen molar-refractivity contribution in [2.45, 2.75) is 51.6 Å². The molecule has 2 aromatic rings. The third-order valence-corrected chi connectivity index (χ3v) is 6.76. The Labute approximate surface area is 184 Å². The fourth-order valence-electron chi connectivity index (χ4n) is 4.93. The molecule has 31 heavy (non-hydrogen) atoms. The number of hydrogen-bond donors (Lipinski definition) is 0. The number of amides is 1. The van der Waals surface area contributed by atoms with E-state index < -0.39 is 0 Å². The average Bonchev–Trinajstić information content (AvgIpc) is 2.80. The molecule has 1 aromatic heterocycles. The van der Waals surface area contributed by atoms with Crippen LogP contribution in [0.1, 0.15) is 49.5 Å². The highest BCUT2D eigenvalue weighted by Crippen LogP contribution is 2.20. The van der Waals surface area contributed by atoms with Gasteiger partial charge < -0.3 is 9.80 Å². The van der Waals surface area contributed by atoms with Crippen molar-refractivity contribution in [3.63, 3.8) is 0 Å². The van der Waals surface area contributed by atoms with Gasteiger partial charge in [-0.25, -0.2) is 4.68 Å². The number of aromatic nitrogens is 2. The summed E-state index contributed by atoms with van der Waals surface area (Å²) in [5.74, 6) is -0.0548. The van der Waals surface area contributed by atoms with Gasteiger partial charge >= 0.3 is 0 Å². The highest BCUT2D eigenvalue weighted by Gasteiger charge is 2.30. The van der Waals surface area contributed by atoms with Crippen molar-refractivity contribution in [2.24, 2.45) is 0 Å². The van der Waals surface area contributed by atoms with Crippen LogP contribution in [0.2, 0.25) is 0 Å². The molecule has 1 aromatic carbocycles. The van der Waals surface area contributed by atoms with E-state index in [0.717, 1.165) is 38.9 Å². The average molecular weight is 426 g/mol. The molecule has 0 saturated carbocycles. The standard InChI is InChI=1S/C24H35N5O2/c1-3-4-7-13-29-23(30)21-11-6-5-10-20(21)22(25-29)24(31)28-16-14-27(15-17-28)19-9-8-12-26(2)18-19/h5-6,10-11,19H,3-4,7-9,12-18H2,1-2H3. The molecule has 0 spiro atoms. The van der Waals surface area contributed by atoms with Gasteiger partial charge in [0.2, 0.25) is 0 Å². The molecule has 7 nitrogen and oxygen atoms in total. The third-order valence-electron chi connectivity index (χ3n) is 6.76. The number of hydrogen-bond acceptors (Lipinski definition) is 5. The predicted molar refractivity (Wildman–Crippen MR) is 124 cm³/mol. The SMILES string of the molecule is CCCCCn1nc(C(=O)N2CCN(C3CCCN(C)C3)CC2)c2ccccc2c1=O. The van der Waals surface area contributed by atoms with Crippen molar-refractivity contribution in [2.75, 3.05) is 46.3 Å². The number of piperidine rings is 1. The highest BCUT2D eigenvalue weighted by molar-refractivity contribution is 6.04. The largest absolute Gasteiger partial charge is 0.335 e. The lowest BCUT2D eigenvalue weighted by atomic mass is 10.0. The first-order valence-corrected chi connectivity index (χ1v) is 11.8. The van der Waals surface area contributed by atoms with Crippen LogP contribution in [0.15, 0.2) is 29.1 Å². The van der Waals surface area contributed by atoms with Crippen LogP contribution in [0, 0.1) is 0 Å². The summed E-state index contributed by atoms with van der Waals surface area (Å²) in [5, 5.41) is 5.81. The topological polar surface area (TPSA) is 61.7 Å². The molecule has 7 heteroatoms. The molecule has 1 atom stereocenters. The molecular formula is C24H35N5O2. The molecule has 168 valence electrons. The Morgan fingerprint density at radius 3 is 2.52 bits per heavy atom. The van der Waals surface area contributed by atoms with Crippen molar-refractivity contribution in [3.8, 4) is 0 Å². The molecule has 4 rings (SSSR count). The molecule has 2 fully saturated rings. The summed E-state index contributed by atoms with van der Waals surface area (Å²) in [6.45, 7) is 8.21. The van der Waals surface area contributed by atoms with Crippen molar-refractivity contribution in [1.82, 2.24) is 24.5 Å². The van der Waals surface area contributed by atoms with Gasteiger partial charge in [0, 0.05) is 50.7 Å². The molecule has 0 N–H and O–H groups in total. The van der Waals surface area contributed by atoms with Crippen LogP contribution in [-0.4, -0.2) is 82.7 Å². The normalized spacial score (nSPS) is 21.0. The second-order valence-corrected chi connectivity index (χ2v) is 9.02. The molecule has 2 saturated heterocycles. The second-order valence-electron chi connectivity index (χ2n) is 9.02. The maximum absolute atomic E-state index is 13.5. The van der Waals surface area contributed by atoms with Crippen LogP contribution >= 0.6 is 0 Å². The van der Waals surface area contributed by atoms with Crippen molar-refractivity contribution in [3.05, 3.63) is 40.3 Å². The fourth-order valence-corrected chi connectivity index (χ4v) is 4.93. The number of likely N-dealkylation sites (tertiary alicyclic amines) is 1. The van der Waals surface area contributed by atoms with Crippen LogP contribution < -0.4 is 5.56 Å². The van der Waals surface area contributed by atoms with E-state index in [9.17, 15) is 9.59 Å². The van der Waals surface area contributed by atoms with Gasteiger partial charge in [0.25, 0.3) is 11.5 Å². The van der Waals surface area contributed by atoms with Gasteiger partial charge in [-0.15, -0.1) is 0 Å². The Morgan fingerprint density at radius 2 is 1.81 bits per heavy atom. The molecule has 3 heterocycles. The van der Waals surface area contributed by atoms with Gasteiger partial charge in [-0.05, 0) is 38.9 Å². The van der Waals surface area contributed by atoms with E-state index in [4.69, 9.17) is 0 Å². The number of fused-ring (bicyclic) bond motifs is 1. The zero-order chi connectivity index (χ0) is 21.8. The molecule has 0 bridgehead atoms. The van der Waals surface area contributed by atoms with E-state index in [-0.39, 0.29) is 11.5 Å². The summed E-state index contributed by atoms with van der Waals surface area (Å²) in [6, 6.07) is 7.98. The van der Waals surface area contributed by atoms with E-state index in [1.165, 1.54) is 24.1 Å². The zero-order valence-electron chi connectivity index (χ0n) is 18.9. The maximum Gasteiger partial charge on any atom is 0.275 e. The first-order chi connectivity index (χ1) is 15.1. The predicted octanol–water partition coefficient (Wildman–Crippen LogP) is 2.44. The number of unbranched alkanes of at least 4 members (excludes halogenated alkanes) is 2. The van der Waals surface area contributed by atoms with Crippen LogP contribution in [0.25, 0.3) is 10.8 Å². The lowest BCUT2D eigenvalue weighted by Crippen LogP contribution is -2.55. The van der Waals surface area contributed by atoms with E-state index >= 15 is 0 Å². The van der Waals surface area contributed by atoms with Gasteiger partial charge in [0.15, 0.2) is 5.69 Å². The van der Waals surface area contributed by atoms with Gasteiger partial charge in [0.1, 0.15) is 0 Å². The first kappa shape index (κ1) is 22.0. The number of carbonyl (C=O) groups excluding carboxylic acids is 1. The number of aryl methyl sites for hydroxylation is 1. The number of piperazine rings is 1. The van der Waals surface area contributed by atoms with E-state index in [2.05, 4.69) is 28.9 Å².